The third kappa shape index (κ3) is 2.33. The highest BCUT2D eigenvalue weighted by molar-refractivity contribution is 5.89. The molecule has 0 aliphatic rings. The molecule has 1 aromatic carbocycles. The van der Waals surface area contributed by atoms with Crippen molar-refractivity contribution in [3.05, 3.63) is 46.8 Å². The van der Waals surface area contributed by atoms with Crippen molar-refractivity contribution in [1.29, 1.82) is 0 Å². The van der Waals surface area contributed by atoms with E-state index in [0.717, 1.165) is 22.0 Å². The summed E-state index contributed by atoms with van der Waals surface area (Å²) in [5.41, 5.74) is 1.12. The molecule has 2 rings (SSSR count). The average molecular weight is 266 g/mol. The Morgan fingerprint density at radius 1 is 1.37 bits per heavy atom. The van der Waals surface area contributed by atoms with E-state index in [-0.39, 0.29) is 0 Å². The molecule has 0 spiro atoms. The Balaban J connectivity index is 2.65. The second-order valence-corrected chi connectivity index (χ2v) is 4.25. The van der Waals surface area contributed by atoms with Crippen molar-refractivity contribution in [3.8, 4) is 5.69 Å². The first kappa shape index (κ1) is 13.2. The summed E-state index contributed by atoms with van der Waals surface area (Å²) in [6.45, 7) is 3.65. The number of aromatic carboxylic acids is 1. The maximum atomic E-state index is 13.1. The van der Waals surface area contributed by atoms with Crippen molar-refractivity contribution in [2.45, 2.75) is 20.3 Å². The molecule has 0 aliphatic heterocycles. The first-order valence-corrected chi connectivity index (χ1v) is 5.58. The molecule has 0 atom stereocenters. The standard InChI is InChI=1S/C13H12F2N2O2/c1-7-3-4-10(8(2)5-7)17-11(12(14)15)9(6-16-17)13(18)19/h3-6,12H,1-2H3,(H,18,19). The lowest BCUT2D eigenvalue weighted by molar-refractivity contribution is 0.0683. The van der Waals surface area contributed by atoms with Crippen LogP contribution < -0.4 is 0 Å². The Hall–Kier alpha value is -2.24. The minimum atomic E-state index is -2.91. The third-order valence-electron chi connectivity index (χ3n) is 2.82. The van der Waals surface area contributed by atoms with E-state index >= 15 is 0 Å². The molecule has 0 unspecified atom stereocenters. The first-order chi connectivity index (χ1) is 8.91. The second-order valence-electron chi connectivity index (χ2n) is 4.25. The number of hydrogen-bond donors (Lipinski definition) is 1. The van der Waals surface area contributed by atoms with Crippen LogP contribution in [0.5, 0.6) is 0 Å². The second kappa shape index (κ2) is 4.79. The average Bonchev–Trinajstić information content (AvgIpc) is 2.73. The Morgan fingerprint density at radius 2 is 2.05 bits per heavy atom. The highest BCUT2D eigenvalue weighted by Crippen LogP contribution is 2.27. The summed E-state index contributed by atoms with van der Waals surface area (Å²) in [7, 11) is 0. The van der Waals surface area contributed by atoms with Crippen LogP contribution in [0.25, 0.3) is 5.69 Å². The maximum Gasteiger partial charge on any atom is 0.339 e. The SMILES string of the molecule is Cc1ccc(-n2ncc(C(=O)O)c2C(F)F)c(C)c1. The molecule has 1 N–H and O–H groups in total. The van der Waals surface area contributed by atoms with Crippen LogP contribution in [0.15, 0.2) is 24.4 Å². The number of nitrogens with zero attached hydrogens (tertiary/aromatic N) is 2. The number of hydrogen-bond acceptors (Lipinski definition) is 2. The van der Waals surface area contributed by atoms with Gasteiger partial charge in [-0.05, 0) is 25.5 Å². The first-order valence-electron chi connectivity index (χ1n) is 5.58. The van der Waals surface area contributed by atoms with Gasteiger partial charge in [-0.1, -0.05) is 17.7 Å². The van der Waals surface area contributed by atoms with Gasteiger partial charge in [-0.2, -0.15) is 5.10 Å². The zero-order valence-corrected chi connectivity index (χ0v) is 10.4. The fourth-order valence-corrected chi connectivity index (χ4v) is 1.97. The van der Waals surface area contributed by atoms with Gasteiger partial charge in [0.25, 0.3) is 6.43 Å². The summed E-state index contributed by atoms with van der Waals surface area (Å²) in [6, 6.07) is 5.24. The normalized spacial score (nSPS) is 11.0. The van der Waals surface area contributed by atoms with Gasteiger partial charge in [0, 0.05) is 0 Å². The summed E-state index contributed by atoms with van der Waals surface area (Å²) in [5, 5.41) is 12.7. The lowest BCUT2D eigenvalue weighted by Crippen LogP contribution is -2.08. The number of benzene rings is 1. The molecule has 0 bridgehead atoms. The number of aromatic nitrogens is 2. The lowest BCUT2D eigenvalue weighted by Gasteiger charge is -2.11. The minimum Gasteiger partial charge on any atom is -0.478 e. The molecule has 2 aromatic rings. The molecule has 1 heterocycles. The van der Waals surface area contributed by atoms with E-state index in [9.17, 15) is 13.6 Å². The number of carboxylic acid groups (broad SMARTS) is 1. The summed E-state index contributed by atoms with van der Waals surface area (Å²) in [5.74, 6) is -1.41. The number of carboxylic acids is 1. The molecule has 0 amide bonds. The van der Waals surface area contributed by atoms with Crippen LogP contribution in [0.4, 0.5) is 8.78 Å². The molecule has 0 radical (unpaired) electrons. The molecule has 0 aliphatic carbocycles. The zero-order valence-electron chi connectivity index (χ0n) is 10.4. The molecular formula is C13H12F2N2O2. The van der Waals surface area contributed by atoms with Crippen LogP contribution in [0.1, 0.15) is 33.6 Å². The predicted octanol–water partition coefficient (Wildman–Crippen LogP) is 3.12. The largest absolute Gasteiger partial charge is 0.478 e. The highest BCUT2D eigenvalue weighted by Gasteiger charge is 2.25. The van der Waals surface area contributed by atoms with Gasteiger partial charge in [0.15, 0.2) is 0 Å². The van der Waals surface area contributed by atoms with E-state index in [4.69, 9.17) is 5.11 Å². The summed E-state index contributed by atoms with van der Waals surface area (Å²) >= 11 is 0. The third-order valence-corrected chi connectivity index (χ3v) is 2.82. The molecule has 1 aromatic heterocycles. The predicted molar refractivity (Wildman–Crippen MR) is 65.0 cm³/mol. The Kier molecular flexibility index (Phi) is 3.33. The fraction of sp³-hybridized carbons (Fsp3) is 0.231. The van der Waals surface area contributed by atoms with Crippen molar-refractivity contribution in [2.24, 2.45) is 0 Å². The molecule has 0 fully saturated rings. The van der Waals surface area contributed by atoms with E-state index in [1.165, 1.54) is 0 Å². The molecule has 4 nitrogen and oxygen atoms in total. The van der Waals surface area contributed by atoms with Crippen LogP contribution >= 0.6 is 0 Å². The van der Waals surface area contributed by atoms with Gasteiger partial charge in [0.2, 0.25) is 0 Å². The van der Waals surface area contributed by atoms with Crippen molar-refractivity contribution < 1.29 is 18.7 Å². The van der Waals surface area contributed by atoms with E-state index in [1.54, 1.807) is 19.1 Å². The Labute approximate surface area is 108 Å². The van der Waals surface area contributed by atoms with Crippen LogP contribution in [0, 0.1) is 13.8 Å². The van der Waals surface area contributed by atoms with Gasteiger partial charge in [-0.15, -0.1) is 0 Å². The maximum absolute atomic E-state index is 13.1. The fourth-order valence-electron chi connectivity index (χ4n) is 1.97. The van der Waals surface area contributed by atoms with Gasteiger partial charge in [-0.3, -0.25) is 0 Å². The zero-order chi connectivity index (χ0) is 14.2. The lowest BCUT2D eigenvalue weighted by atomic mass is 10.1. The molecule has 100 valence electrons. The van der Waals surface area contributed by atoms with Gasteiger partial charge >= 0.3 is 5.97 Å². The molecule has 0 saturated heterocycles. The minimum absolute atomic E-state index is 0.452. The number of alkyl halides is 2. The Morgan fingerprint density at radius 3 is 2.58 bits per heavy atom. The van der Waals surface area contributed by atoms with Crippen molar-refractivity contribution >= 4 is 5.97 Å². The van der Waals surface area contributed by atoms with E-state index in [0.29, 0.717) is 5.69 Å². The van der Waals surface area contributed by atoms with Crippen LogP contribution in [-0.2, 0) is 0 Å². The van der Waals surface area contributed by atoms with Crippen molar-refractivity contribution in [1.82, 2.24) is 9.78 Å². The smallest absolute Gasteiger partial charge is 0.339 e. The number of carbonyl (C=O) groups is 1. The van der Waals surface area contributed by atoms with Gasteiger partial charge in [0.05, 0.1) is 11.9 Å². The molecule has 19 heavy (non-hydrogen) atoms. The van der Waals surface area contributed by atoms with Crippen LogP contribution in [-0.4, -0.2) is 20.9 Å². The summed E-state index contributed by atoms with van der Waals surface area (Å²) in [4.78, 5) is 10.9. The Bertz CT molecular complexity index is 636. The summed E-state index contributed by atoms with van der Waals surface area (Å²) < 4.78 is 27.1. The van der Waals surface area contributed by atoms with E-state index in [2.05, 4.69) is 5.10 Å². The van der Waals surface area contributed by atoms with Gasteiger partial charge in [-0.25, -0.2) is 18.3 Å². The molecular weight excluding hydrogens is 254 g/mol. The van der Waals surface area contributed by atoms with E-state index < -0.39 is 23.7 Å². The number of aryl methyl sites for hydroxylation is 2. The quantitative estimate of drug-likeness (QED) is 0.928. The topological polar surface area (TPSA) is 55.1 Å². The van der Waals surface area contributed by atoms with E-state index in [1.807, 2.05) is 13.0 Å². The number of rotatable bonds is 3. The van der Waals surface area contributed by atoms with Gasteiger partial charge in [0.1, 0.15) is 11.3 Å². The van der Waals surface area contributed by atoms with Crippen molar-refractivity contribution in [2.75, 3.05) is 0 Å². The highest BCUT2D eigenvalue weighted by atomic mass is 19.3. The molecule has 6 heteroatoms. The van der Waals surface area contributed by atoms with Crippen molar-refractivity contribution in [3.63, 3.8) is 0 Å². The number of halogens is 2. The molecule has 0 saturated carbocycles. The van der Waals surface area contributed by atoms with Crippen LogP contribution in [0.3, 0.4) is 0 Å². The monoisotopic (exact) mass is 266 g/mol. The summed E-state index contributed by atoms with van der Waals surface area (Å²) in [6.07, 6.45) is -1.96. The van der Waals surface area contributed by atoms with Crippen LogP contribution in [0.2, 0.25) is 0 Å². The van der Waals surface area contributed by atoms with Gasteiger partial charge < -0.3 is 5.11 Å².